The molecule has 0 radical (unpaired) electrons. The van der Waals surface area contributed by atoms with Crippen LogP contribution in [-0.2, 0) is 17.8 Å². The molecule has 2 aliphatic rings. The minimum atomic E-state index is 0.0250. The van der Waals surface area contributed by atoms with Crippen LogP contribution < -0.4 is 10.6 Å². The number of rotatable bonds is 6. The first-order valence-electron chi connectivity index (χ1n) is 9.71. The lowest BCUT2D eigenvalue weighted by Crippen LogP contribution is -2.49. The Morgan fingerprint density at radius 3 is 2.93 bits per heavy atom. The number of carbonyl (C=O) groups excluding carboxylic acids is 1. The molecule has 1 saturated heterocycles. The topological polar surface area (TPSA) is 82.7 Å². The van der Waals surface area contributed by atoms with Crippen molar-refractivity contribution in [2.45, 2.75) is 25.8 Å². The average Bonchev–Trinajstić information content (AvgIpc) is 3.29. The standard InChI is InChI=1S/C21H24ClN5O/c22-18-3-1-15(2-4-18)11-27-12-19(26-14-27)5-6-25-20(28)16-7-21(8-16)13-24-10-17(21)9-23/h1-4,12,14,16-17,24H,5-8,10-11,13H2,(H,25,28). The van der Waals surface area contributed by atoms with Gasteiger partial charge in [0.05, 0.1) is 24.0 Å². The number of hydrogen-bond donors (Lipinski definition) is 2. The third-order valence-corrected chi connectivity index (χ3v) is 6.29. The molecule has 1 saturated carbocycles. The molecular weight excluding hydrogens is 374 g/mol. The zero-order chi connectivity index (χ0) is 19.6. The first-order chi connectivity index (χ1) is 13.6. The summed E-state index contributed by atoms with van der Waals surface area (Å²) in [7, 11) is 0. The van der Waals surface area contributed by atoms with Crippen LogP contribution >= 0.6 is 11.6 Å². The summed E-state index contributed by atoms with van der Waals surface area (Å²) in [5, 5.41) is 16.3. The Kier molecular flexibility index (Phi) is 5.38. The van der Waals surface area contributed by atoms with E-state index in [4.69, 9.17) is 11.6 Å². The Bertz CT molecular complexity index is 879. The monoisotopic (exact) mass is 397 g/mol. The molecule has 2 N–H and O–H groups in total. The Morgan fingerprint density at radius 1 is 1.39 bits per heavy atom. The van der Waals surface area contributed by atoms with E-state index >= 15 is 0 Å². The van der Waals surface area contributed by atoms with E-state index in [2.05, 4.69) is 21.7 Å². The van der Waals surface area contributed by atoms with Crippen LogP contribution in [0, 0.1) is 28.6 Å². The summed E-state index contributed by atoms with van der Waals surface area (Å²) in [5.74, 6) is 0.189. The van der Waals surface area contributed by atoms with E-state index in [1.54, 1.807) is 0 Å². The zero-order valence-corrected chi connectivity index (χ0v) is 16.5. The molecule has 2 aromatic rings. The molecule has 0 bridgehead atoms. The summed E-state index contributed by atoms with van der Waals surface area (Å²) < 4.78 is 2.03. The van der Waals surface area contributed by atoms with Crippen LogP contribution in [0.3, 0.4) is 0 Å². The van der Waals surface area contributed by atoms with Gasteiger partial charge in [0, 0.05) is 55.2 Å². The van der Waals surface area contributed by atoms with Crippen molar-refractivity contribution >= 4 is 17.5 Å². The Hall–Kier alpha value is -2.36. The predicted molar refractivity (Wildman–Crippen MR) is 107 cm³/mol. The quantitative estimate of drug-likeness (QED) is 0.784. The lowest BCUT2D eigenvalue weighted by molar-refractivity contribution is -0.132. The normalized spacial score (nSPS) is 26.0. The van der Waals surface area contributed by atoms with Gasteiger partial charge in [-0.05, 0) is 30.5 Å². The molecule has 146 valence electrons. The molecular formula is C21H24ClN5O. The smallest absolute Gasteiger partial charge is 0.223 e. The van der Waals surface area contributed by atoms with Gasteiger partial charge in [-0.15, -0.1) is 0 Å². The van der Waals surface area contributed by atoms with Crippen LogP contribution in [0.1, 0.15) is 24.1 Å². The van der Waals surface area contributed by atoms with Crippen molar-refractivity contribution in [2.24, 2.45) is 17.3 Å². The summed E-state index contributed by atoms with van der Waals surface area (Å²) in [6.45, 7) is 2.94. The van der Waals surface area contributed by atoms with Gasteiger partial charge in [0.2, 0.25) is 5.91 Å². The van der Waals surface area contributed by atoms with Crippen molar-refractivity contribution < 1.29 is 4.79 Å². The third-order valence-electron chi connectivity index (χ3n) is 6.04. The second kappa shape index (κ2) is 7.94. The molecule has 2 fully saturated rings. The van der Waals surface area contributed by atoms with Gasteiger partial charge in [-0.25, -0.2) is 4.98 Å². The van der Waals surface area contributed by atoms with E-state index in [9.17, 15) is 10.1 Å². The molecule has 1 atom stereocenters. The molecule has 7 heteroatoms. The second-order valence-corrected chi connectivity index (χ2v) is 8.42. The molecule has 1 amide bonds. The van der Waals surface area contributed by atoms with Gasteiger partial charge < -0.3 is 15.2 Å². The minimum Gasteiger partial charge on any atom is -0.355 e. The van der Waals surface area contributed by atoms with Gasteiger partial charge in [-0.3, -0.25) is 4.79 Å². The summed E-state index contributed by atoms with van der Waals surface area (Å²) in [4.78, 5) is 16.8. The maximum absolute atomic E-state index is 12.4. The lowest BCUT2D eigenvalue weighted by atomic mass is 9.57. The van der Waals surface area contributed by atoms with Gasteiger partial charge in [-0.2, -0.15) is 5.26 Å². The minimum absolute atomic E-state index is 0.0250. The number of halogens is 1. The van der Waals surface area contributed by atoms with Crippen LogP contribution in [0.15, 0.2) is 36.8 Å². The number of hydrogen-bond acceptors (Lipinski definition) is 4. The molecule has 4 rings (SSSR count). The van der Waals surface area contributed by atoms with Crippen LogP contribution in [0.2, 0.25) is 5.02 Å². The van der Waals surface area contributed by atoms with Crippen LogP contribution in [0.5, 0.6) is 0 Å². The van der Waals surface area contributed by atoms with E-state index in [0.29, 0.717) is 13.0 Å². The summed E-state index contributed by atoms with van der Waals surface area (Å²) in [6.07, 6.45) is 6.18. The van der Waals surface area contributed by atoms with E-state index in [1.165, 1.54) is 0 Å². The highest BCUT2D eigenvalue weighted by Crippen LogP contribution is 2.52. The van der Waals surface area contributed by atoms with Crippen LogP contribution in [0.25, 0.3) is 0 Å². The highest BCUT2D eigenvalue weighted by Gasteiger charge is 2.54. The molecule has 1 aliphatic heterocycles. The van der Waals surface area contributed by atoms with Crippen molar-refractivity contribution in [1.82, 2.24) is 20.2 Å². The van der Waals surface area contributed by atoms with Gasteiger partial charge >= 0.3 is 0 Å². The molecule has 6 nitrogen and oxygen atoms in total. The fourth-order valence-electron chi connectivity index (χ4n) is 4.40. The largest absolute Gasteiger partial charge is 0.355 e. The number of benzene rings is 1. The van der Waals surface area contributed by atoms with Crippen LogP contribution in [0.4, 0.5) is 0 Å². The summed E-state index contributed by atoms with van der Waals surface area (Å²) in [5.41, 5.74) is 2.15. The number of carbonyl (C=O) groups is 1. The number of nitrogens with zero attached hydrogens (tertiary/aromatic N) is 3. The van der Waals surface area contributed by atoms with Gasteiger partial charge in [0.1, 0.15) is 0 Å². The van der Waals surface area contributed by atoms with E-state index in [1.807, 2.05) is 41.4 Å². The second-order valence-electron chi connectivity index (χ2n) is 7.98. The van der Waals surface area contributed by atoms with Crippen molar-refractivity contribution in [3.63, 3.8) is 0 Å². The maximum atomic E-state index is 12.4. The first kappa shape index (κ1) is 19.0. The molecule has 1 aromatic carbocycles. The predicted octanol–water partition coefficient (Wildman–Crippen LogP) is 2.38. The van der Waals surface area contributed by atoms with E-state index < -0.39 is 0 Å². The number of amides is 1. The molecule has 2 heterocycles. The number of nitrogens with one attached hydrogen (secondary N) is 2. The Balaban J connectivity index is 1.21. The van der Waals surface area contributed by atoms with Crippen molar-refractivity contribution in [2.75, 3.05) is 19.6 Å². The fourth-order valence-corrected chi connectivity index (χ4v) is 4.53. The number of aromatic nitrogens is 2. The molecule has 1 unspecified atom stereocenters. The summed E-state index contributed by atoms with van der Waals surface area (Å²) in [6, 6.07) is 10.2. The van der Waals surface area contributed by atoms with Gasteiger partial charge in [0.15, 0.2) is 0 Å². The highest BCUT2D eigenvalue weighted by molar-refractivity contribution is 6.30. The van der Waals surface area contributed by atoms with E-state index in [-0.39, 0.29) is 23.2 Å². The van der Waals surface area contributed by atoms with Crippen LogP contribution in [-0.4, -0.2) is 35.1 Å². The SMILES string of the molecule is N#CC1CNCC12CC(C(=O)NCCc1cn(Cc3ccc(Cl)cc3)cn1)C2. The molecule has 28 heavy (non-hydrogen) atoms. The Morgan fingerprint density at radius 2 is 2.18 bits per heavy atom. The zero-order valence-electron chi connectivity index (χ0n) is 15.7. The van der Waals surface area contributed by atoms with Crippen molar-refractivity contribution in [3.8, 4) is 6.07 Å². The first-order valence-corrected chi connectivity index (χ1v) is 10.1. The molecule has 1 aromatic heterocycles. The van der Waals surface area contributed by atoms with Crippen molar-refractivity contribution in [1.29, 1.82) is 5.26 Å². The van der Waals surface area contributed by atoms with E-state index in [0.717, 1.165) is 48.8 Å². The highest BCUT2D eigenvalue weighted by atomic mass is 35.5. The Labute approximate surface area is 169 Å². The number of nitriles is 1. The molecule has 1 spiro atoms. The summed E-state index contributed by atoms with van der Waals surface area (Å²) >= 11 is 5.92. The van der Waals surface area contributed by atoms with Gasteiger partial charge in [-0.1, -0.05) is 23.7 Å². The lowest BCUT2D eigenvalue weighted by Gasteiger charge is -2.45. The van der Waals surface area contributed by atoms with Crippen molar-refractivity contribution in [3.05, 3.63) is 53.1 Å². The van der Waals surface area contributed by atoms with Gasteiger partial charge in [0.25, 0.3) is 0 Å². The fraction of sp³-hybridized carbons (Fsp3) is 0.476. The number of imidazole rings is 1. The third kappa shape index (κ3) is 3.91. The average molecular weight is 398 g/mol. The molecule has 1 aliphatic carbocycles. The maximum Gasteiger partial charge on any atom is 0.223 e.